The lowest BCUT2D eigenvalue weighted by atomic mass is 10.3. The summed E-state index contributed by atoms with van der Waals surface area (Å²) in [4.78, 5) is 7.08. The molecule has 0 amide bonds. The minimum Gasteiger partial charge on any atom is -0.307 e. The predicted molar refractivity (Wildman–Crippen MR) is 74.1 cm³/mol. The van der Waals surface area contributed by atoms with Gasteiger partial charge < -0.3 is 4.40 Å². The number of fused-ring (bicyclic) bond motifs is 1. The molecule has 1 atom stereocenters. The van der Waals surface area contributed by atoms with E-state index in [-0.39, 0.29) is 0 Å². The first kappa shape index (κ1) is 11.6. The Hall–Kier alpha value is -2.21. The highest BCUT2D eigenvalue weighted by Crippen LogP contribution is 2.21. The maximum atomic E-state index is 4.65. The maximum absolute atomic E-state index is 4.65. The van der Waals surface area contributed by atoms with E-state index < -0.39 is 0 Å². The monoisotopic (exact) mass is 268 g/mol. The van der Waals surface area contributed by atoms with Crippen molar-refractivity contribution in [2.45, 2.75) is 19.0 Å². The first-order valence-corrected chi connectivity index (χ1v) is 6.89. The topological polar surface area (TPSA) is 51.2 Å². The Morgan fingerprint density at radius 2 is 2.25 bits per heavy atom. The largest absolute Gasteiger partial charge is 0.307 e. The summed E-state index contributed by atoms with van der Waals surface area (Å²) in [5.41, 5.74) is 2.13. The van der Waals surface area contributed by atoms with Crippen LogP contribution in [0.25, 0.3) is 5.65 Å². The van der Waals surface area contributed by atoms with Gasteiger partial charge in [-0.1, -0.05) is 11.3 Å². The quantitative estimate of drug-likeness (QED) is 0.720. The van der Waals surface area contributed by atoms with E-state index in [0.717, 1.165) is 37.4 Å². The minimum atomic E-state index is 0.439. The molecule has 1 unspecified atom stereocenters. The Kier molecular flexibility index (Phi) is 2.74. The van der Waals surface area contributed by atoms with E-state index in [1.807, 2.05) is 35.3 Å². The lowest BCUT2D eigenvalue weighted by Gasteiger charge is -2.14. The van der Waals surface area contributed by atoms with Crippen molar-refractivity contribution in [1.29, 1.82) is 0 Å². The maximum Gasteiger partial charge on any atom is 0.137 e. The first-order valence-electron chi connectivity index (χ1n) is 6.89. The van der Waals surface area contributed by atoms with Crippen LogP contribution in [0, 0.1) is 0 Å². The Bertz CT molecular complexity index is 668. The molecule has 20 heavy (non-hydrogen) atoms. The third-order valence-corrected chi connectivity index (χ3v) is 3.86. The summed E-state index contributed by atoms with van der Waals surface area (Å²) in [6.07, 6.45) is 8.95. The van der Waals surface area contributed by atoms with Crippen molar-refractivity contribution in [2.24, 2.45) is 0 Å². The summed E-state index contributed by atoms with van der Waals surface area (Å²) >= 11 is 0. The number of imidazole rings is 1. The highest BCUT2D eigenvalue weighted by Gasteiger charge is 2.24. The number of aromatic nitrogens is 5. The molecule has 3 aromatic heterocycles. The standard InChI is InChI=1S/C14H16N6/c1-2-6-19-10-12(16-14(19)3-1)9-18-7-4-13(11-18)20-8-5-15-17-20/h1-3,5-6,8,10,13H,4,7,9,11H2. The van der Waals surface area contributed by atoms with Gasteiger partial charge in [0.2, 0.25) is 0 Å². The van der Waals surface area contributed by atoms with E-state index in [1.165, 1.54) is 0 Å². The van der Waals surface area contributed by atoms with E-state index in [4.69, 9.17) is 0 Å². The molecule has 1 aliphatic heterocycles. The summed E-state index contributed by atoms with van der Waals surface area (Å²) in [7, 11) is 0. The number of pyridine rings is 1. The van der Waals surface area contributed by atoms with Crippen LogP contribution < -0.4 is 0 Å². The van der Waals surface area contributed by atoms with Crippen molar-refractivity contribution >= 4 is 5.65 Å². The molecule has 0 spiro atoms. The number of hydrogen-bond acceptors (Lipinski definition) is 4. The van der Waals surface area contributed by atoms with Crippen LogP contribution in [0.15, 0.2) is 43.0 Å². The Morgan fingerprint density at radius 3 is 3.10 bits per heavy atom. The normalized spacial score (nSPS) is 19.9. The fourth-order valence-electron chi connectivity index (χ4n) is 2.88. The van der Waals surface area contributed by atoms with E-state index in [1.54, 1.807) is 6.20 Å². The highest BCUT2D eigenvalue weighted by atomic mass is 15.4. The van der Waals surface area contributed by atoms with Gasteiger partial charge in [0, 0.05) is 38.2 Å². The van der Waals surface area contributed by atoms with Crippen LogP contribution in [0.4, 0.5) is 0 Å². The average molecular weight is 268 g/mol. The van der Waals surface area contributed by atoms with Crippen molar-refractivity contribution in [2.75, 3.05) is 13.1 Å². The molecule has 6 nitrogen and oxygen atoms in total. The molecule has 4 heterocycles. The summed E-state index contributed by atoms with van der Waals surface area (Å²) < 4.78 is 4.03. The second-order valence-corrected chi connectivity index (χ2v) is 5.26. The molecule has 6 heteroatoms. The molecule has 3 aromatic rings. The molecule has 102 valence electrons. The van der Waals surface area contributed by atoms with Crippen molar-refractivity contribution in [3.63, 3.8) is 0 Å². The first-order chi connectivity index (χ1) is 9.88. The third-order valence-electron chi connectivity index (χ3n) is 3.86. The summed E-state index contributed by atoms with van der Waals surface area (Å²) in [6, 6.07) is 6.51. The van der Waals surface area contributed by atoms with Gasteiger partial charge in [-0.15, -0.1) is 5.10 Å². The van der Waals surface area contributed by atoms with Gasteiger partial charge in [-0.25, -0.2) is 9.67 Å². The molecule has 0 N–H and O–H groups in total. The lowest BCUT2D eigenvalue weighted by molar-refractivity contribution is 0.307. The lowest BCUT2D eigenvalue weighted by Crippen LogP contribution is -2.21. The van der Waals surface area contributed by atoms with Gasteiger partial charge in [-0.05, 0) is 18.6 Å². The van der Waals surface area contributed by atoms with Crippen LogP contribution >= 0.6 is 0 Å². The van der Waals surface area contributed by atoms with Crippen molar-refractivity contribution in [3.8, 4) is 0 Å². The summed E-state index contributed by atoms with van der Waals surface area (Å²) in [6.45, 7) is 2.99. The van der Waals surface area contributed by atoms with Crippen LogP contribution in [0.1, 0.15) is 18.2 Å². The number of likely N-dealkylation sites (tertiary alicyclic amines) is 1. The SMILES string of the molecule is c1ccn2cc(CN3CCC(n4ccnn4)C3)nc2c1. The van der Waals surface area contributed by atoms with Crippen LogP contribution in [-0.2, 0) is 6.54 Å². The molecular weight excluding hydrogens is 252 g/mol. The average Bonchev–Trinajstić information content (AvgIpc) is 3.18. The van der Waals surface area contributed by atoms with Crippen molar-refractivity contribution in [1.82, 2.24) is 29.3 Å². The van der Waals surface area contributed by atoms with Crippen LogP contribution in [0.5, 0.6) is 0 Å². The van der Waals surface area contributed by atoms with Gasteiger partial charge in [0.1, 0.15) is 5.65 Å². The van der Waals surface area contributed by atoms with Gasteiger partial charge >= 0.3 is 0 Å². The van der Waals surface area contributed by atoms with Gasteiger partial charge in [0.05, 0.1) is 17.9 Å². The molecular formula is C14H16N6. The Balaban J connectivity index is 1.47. The molecule has 0 bridgehead atoms. The smallest absolute Gasteiger partial charge is 0.137 e. The molecule has 0 radical (unpaired) electrons. The molecule has 0 aromatic carbocycles. The van der Waals surface area contributed by atoms with E-state index >= 15 is 0 Å². The molecule has 1 fully saturated rings. The van der Waals surface area contributed by atoms with Gasteiger partial charge in [-0.3, -0.25) is 4.90 Å². The van der Waals surface area contributed by atoms with Gasteiger partial charge in [-0.2, -0.15) is 0 Å². The zero-order chi connectivity index (χ0) is 13.4. The summed E-state index contributed by atoms with van der Waals surface area (Å²) in [5, 5.41) is 7.98. The zero-order valence-electron chi connectivity index (χ0n) is 11.1. The minimum absolute atomic E-state index is 0.439. The third kappa shape index (κ3) is 2.08. The Morgan fingerprint density at radius 1 is 1.25 bits per heavy atom. The fourth-order valence-corrected chi connectivity index (χ4v) is 2.88. The van der Waals surface area contributed by atoms with Crippen molar-refractivity contribution < 1.29 is 0 Å². The van der Waals surface area contributed by atoms with E-state index in [2.05, 4.69) is 30.8 Å². The van der Waals surface area contributed by atoms with Crippen LogP contribution in [0.2, 0.25) is 0 Å². The molecule has 1 saturated heterocycles. The highest BCUT2D eigenvalue weighted by molar-refractivity contribution is 5.39. The second kappa shape index (κ2) is 4.72. The van der Waals surface area contributed by atoms with Gasteiger partial charge in [0.15, 0.2) is 0 Å². The Labute approximate surface area is 116 Å². The van der Waals surface area contributed by atoms with E-state index in [0.29, 0.717) is 6.04 Å². The van der Waals surface area contributed by atoms with Crippen LogP contribution in [-0.4, -0.2) is 42.4 Å². The number of nitrogens with zero attached hydrogens (tertiary/aromatic N) is 6. The van der Waals surface area contributed by atoms with E-state index in [9.17, 15) is 0 Å². The molecule has 0 saturated carbocycles. The number of rotatable bonds is 3. The predicted octanol–water partition coefficient (Wildman–Crippen LogP) is 1.37. The second-order valence-electron chi connectivity index (χ2n) is 5.26. The van der Waals surface area contributed by atoms with Crippen LogP contribution in [0.3, 0.4) is 0 Å². The van der Waals surface area contributed by atoms with Crippen molar-refractivity contribution in [3.05, 3.63) is 48.7 Å². The van der Waals surface area contributed by atoms with Gasteiger partial charge in [0.25, 0.3) is 0 Å². The zero-order valence-corrected chi connectivity index (χ0v) is 11.1. The number of hydrogen-bond donors (Lipinski definition) is 0. The molecule has 1 aliphatic rings. The summed E-state index contributed by atoms with van der Waals surface area (Å²) in [5.74, 6) is 0. The fraction of sp³-hybridized carbons (Fsp3) is 0.357. The molecule has 0 aliphatic carbocycles. The molecule has 4 rings (SSSR count).